The van der Waals surface area contributed by atoms with Crippen LogP contribution in [-0.2, 0) is 14.4 Å². The summed E-state index contributed by atoms with van der Waals surface area (Å²) in [6.07, 6.45) is 2.30. The molecule has 0 bridgehead atoms. The first-order valence-electron chi connectivity index (χ1n) is 23.5. The van der Waals surface area contributed by atoms with E-state index in [4.69, 9.17) is 76.6 Å². The van der Waals surface area contributed by atoms with Gasteiger partial charge < -0.3 is 41.4 Å². The van der Waals surface area contributed by atoms with Gasteiger partial charge in [-0.2, -0.15) is 13.2 Å². The van der Waals surface area contributed by atoms with Gasteiger partial charge in [-0.15, -0.1) is 0 Å². The molecule has 7 N–H and O–H groups in total. The first-order valence-corrected chi connectivity index (χ1v) is 25.0. The quantitative estimate of drug-likeness (QED) is 0.0593. The number of fused-ring (bicyclic) bond motifs is 2. The lowest BCUT2D eigenvalue weighted by Gasteiger charge is -2.29. The van der Waals surface area contributed by atoms with E-state index in [1.807, 2.05) is 12.1 Å². The van der Waals surface area contributed by atoms with Crippen LogP contribution >= 0.6 is 46.4 Å². The molecule has 76 heavy (non-hydrogen) atoms. The number of carbonyl (C=O) groups is 5. The van der Waals surface area contributed by atoms with E-state index in [1.165, 1.54) is 36.4 Å². The molecule has 4 aromatic carbocycles. The summed E-state index contributed by atoms with van der Waals surface area (Å²) in [6, 6.07) is 25.7. The number of nitrogens with two attached hydrogens (primary N) is 1. The Morgan fingerprint density at radius 3 is 1.42 bits per heavy atom. The highest BCUT2D eigenvalue weighted by Crippen LogP contribution is 2.27. The summed E-state index contributed by atoms with van der Waals surface area (Å²) in [5.41, 5.74) is 7.30. The number of halogens is 9. The molecule has 0 unspecified atom stereocenters. The largest absolute Gasteiger partial charge is 0.490 e. The van der Waals surface area contributed by atoms with E-state index in [1.54, 1.807) is 42.5 Å². The van der Waals surface area contributed by atoms with E-state index in [9.17, 15) is 41.1 Å². The maximum atomic E-state index is 13.5. The summed E-state index contributed by atoms with van der Waals surface area (Å²) in [5.74, 6) is -4.16. The number of carbonyl (C=O) groups excluding carboxylic acids is 3. The number of aromatic carboxylic acids is 1. The van der Waals surface area contributed by atoms with Gasteiger partial charge in [0.25, 0.3) is 17.7 Å². The van der Waals surface area contributed by atoms with Gasteiger partial charge in [-0.25, -0.2) is 28.3 Å². The van der Waals surface area contributed by atoms with E-state index >= 15 is 0 Å². The number of carboxylic acids is 2. The maximum absolute atomic E-state index is 13.5. The highest BCUT2D eigenvalue weighted by atomic mass is 35.5. The number of nitrogens with one attached hydrogen (secondary N) is 3. The summed E-state index contributed by atoms with van der Waals surface area (Å²) >= 11 is 23.0. The van der Waals surface area contributed by atoms with E-state index in [0.29, 0.717) is 57.4 Å². The fraction of sp³-hybridized carbons (Fsp3) is 0.327. The van der Waals surface area contributed by atoms with Crippen molar-refractivity contribution in [3.8, 4) is 11.5 Å². The van der Waals surface area contributed by atoms with Crippen LogP contribution < -0.4 is 31.2 Å². The van der Waals surface area contributed by atoms with Crippen LogP contribution in [0.3, 0.4) is 0 Å². The third-order valence-corrected chi connectivity index (χ3v) is 12.9. The topological polar surface area (TPSA) is 232 Å². The molecule has 0 saturated heterocycles. The first kappa shape index (κ1) is 60.3. The van der Waals surface area contributed by atoms with Gasteiger partial charge in [-0.1, -0.05) is 70.7 Å². The molecule has 0 atom stereocenters. The zero-order valence-electron chi connectivity index (χ0n) is 40.2. The predicted octanol–water partition coefficient (Wildman–Crippen LogP) is 11.6. The molecule has 15 nitrogen and oxygen atoms in total. The molecule has 2 saturated carbocycles. The van der Waals surface area contributed by atoms with Gasteiger partial charge in [0.15, 0.2) is 13.2 Å². The second-order valence-electron chi connectivity index (χ2n) is 17.4. The Bertz CT molecular complexity index is 3000. The van der Waals surface area contributed by atoms with Crippen molar-refractivity contribution in [2.45, 2.75) is 69.6 Å². The molecule has 0 radical (unpaired) electrons. The highest BCUT2D eigenvalue weighted by molar-refractivity contribution is 6.32. The smallest absolute Gasteiger partial charge is 0.484 e. The molecule has 0 spiro atoms. The molecule has 2 aliphatic carbocycles. The number of pyridine rings is 2. The number of amides is 3. The van der Waals surface area contributed by atoms with Crippen molar-refractivity contribution in [1.82, 2.24) is 25.9 Å². The van der Waals surface area contributed by atoms with Gasteiger partial charge in [0.1, 0.15) is 34.5 Å². The van der Waals surface area contributed by atoms with Gasteiger partial charge in [-0.3, -0.25) is 14.4 Å². The Kier molecular flexibility index (Phi) is 23.1. The van der Waals surface area contributed by atoms with Crippen molar-refractivity contribution in [2.24, 2.45) is 17.6 Å². The second-order valence-corrected chi connectivity index (χ2v) is 19.1. The Morgan fingerprint density at radius 1 is 0.605 bits per heavy atom. The molecule has 8 rings (SSSR count). The van der Waals surface area contributed by atoms with Crippen LogP contribution in [0.15, 0.2) is 97.1 Å². The summed E-state index contributed by atoms with van der Waals surface area (Å²) in [5, 5.41) is 27.7. The van der Waals surface area contributed by atoms with E-state index in [2.05, 4.69) is 25.9 Å². The predicted molar refractivity (Wildman–Crippen MR) is 283 cm³/mol. The molecule has 3 amide bonds. The summed E-state index contributed by atoms with van der Waals surface area (Å²) in [7, 11) is 0. The van der Waals surface area contributed by atoms with Crippen molar-refractivity contribution < 1.29 is 69.9 Å². The number of hydrogen-bond acceptors (Lipinski definition) is 10. The van der Waals surface area contributed by atoms with Crippen LogP contribution in [0, 0.1) is 23.5 Å². The Hall–Kier alpha value is -6.58. The normalized spacial score (nSPS) is 17.0. The van der Waals surface area contributed by atoms with Crippen LogP contribution in [0.25, 0.3) is 21.8 Å². The number of ether oxygens (including phenoxy) is 2. The minimum absolute atomic E-state index is 0. The van der Waals surface area contributed by atoms with Crippen molar-refractivity contribution in [2.75, 3.05) is 26.3 Å². The summed E-state index contributed by atoms with van der Waals surface area (Å²) < 4.78 is 69.0. The zero-order valence-corrected chi connectivity index (χ0v) is 43.2. The lowest BCUT2D eigenvalue weighted by molar-refractivity contribution is -0.192. The fourth-order valence-corrected chi connectivity index (χ4v) is 8.34. The van der Waals surface area contributed by atoms with E-state index in [-0.39, 0.29) is 68.8 Å². The minimum atomic E-state index is -5.08. The standard InChI is InChI=1S/C25H24Cl2FN3O3.C15H20ClFN2O2.C10H6ClNO2.C2HF3O2.3H2/c26-17-5-3-16-4-10-22(31-23(16)11-17)25(33)29-13-15-1-6-18(7-2-15)30-24(32)14-34-19-8-9-20(27)21(28)12-19;16-13-6-5-12(7-14(13)17)21-9-15(20)19-11-3-1-10(8-18)2-4-11;11-7-3-1-6-2-4-8(10(13)14)12-9(6)5-7;3-2(4,5)1(6)7;;;/h3-5,8-12,15,18H,1-2,6-7,13-14H2,(H,29,33)(H,30,32);5-7,10-11H,1-4,8-9,18H2,(H,19,20);1-5H,(H,13,14);(H,6,7);3*1H. The minimum Gasteiger partial charge on any atom is -0.484 e. The van der Waals surface area contributed by atoms with Gasteiger partial charge >= 0.3 is 18.1 Å². The summed E-state index contributed by atoms with van der Waals surface area (Å²) in [4.78, 5) is 64.4. The number of aliphatic carboxylic acids is 1. The van der Waals surface area contributed by atoms with Gasteiger partial charge in [0, 0.05) is 55.9 Å². The number of benzene rings is 4. The molecule has 2 aliphatic rings. The third kappa shape index (κ3) is 19.8. The van der Waals surface area contributed by atoms with E-state index < -0.39 is 29.7 Å². The Labute approximate surface area is 457 Å². The number of alkyl halides is 3. The Morgan fingerprint density at radius 2 is 1.01 bits per heavy atom. The third-order valence-electron chi connectivity index (χ3n) is 11.8. The van der Waals surface area contributed by atoms with Crippen LogP contribution in [0.2, 0.25) is 20.1 Å². The molecule has 6 aromatic rings. The molecule has 24 heteroatoms. The van der Waals surface area contributed by atoms with Gasteiger partial charge in [0.2, 0.25) is 0 Å². The monoisotopic (exact) mass is 1140 g/mol. The second kappa shape index (κ2) is 29.1. The zero-order chi connectivity index (χ0) is 55.5. The van der Waals surface area contributed by atoms with Crippen molar-refractivity contribution in [3.63, 3.8) is 0 Å². The number of nitrogens with zero attached hydrogens (tertiary/aromatic N) is 2. The van der Waals surface area contributed by atoms with Crippen LogP contribution in [0.1, 0.15) is 76.6 Å². The average Bonchev–Trinajstić information content (AvgIpc) is 3.39. The van der Waals surface area contributed by atoms with Gasteiger partial charge in [0.05, 0.1) is 21.1 Å². The van der Waals surface area contributed by atoms with Crippen LogP contribution in [-0.4, -0.2) is 94.4 Å². The van der Waals surface area contributed by atoms with Crippen LogP contribution in [0.5, 0.6) is 11.5 Å². The lowest BCUT2D eigenvalue weighted by atomic mass is 9.86. The van der Waals surface area contributed by atoms with Crippen LogP contribution in [0.4, 0.5) is 22.0 Å². The lowest BCUT2D eigenvalue weighted by Crippen LogP contribution is -2.41. The molecular weight excluding hydrogens is 1090 g/mol. The molecule has 0 aliphatic heterocycles. The molecule has 2 fully saturated rings. The molecule has 2 heterocycles. The first-order chi connectivity index (χ1) is 36.1. The highest BCUT2D eigenvalue weighted by Gasteiger charge is 2.38. The number of carboxylic acid groups (broad SMARTS) is 2. The van der Waals surface area contributed by atoms with Gasteiger partial charge in [-0.05, 0) is 130 Å². The molecule has 412 valence electrons. The Balaban J connectivity index is 0.000000404. The summed E-state index contributed by atoms with van der Waals surface area (Å²) in [6.45, 7) is 0.949. The SMILES string of the molecule is NCC1CCC(NC(=O)COc2ccc(Cl)c(F)c2)CC1.O=C(COc1ccc(Cl)c(F)c1)NC1CCC(CNC(=O)c2ccc3ccc(Cl)cc3n2)CC1.O=C(O)C(F)(F)F.O=C(O)c1ccc2ccc(Cl)cc2n1.[HH].[HH].[HH]. The van der Waals surface area contributed by atoms with Crippen molar-refractivity contribution in [3.05, 3.63) is 140 Å². The number of aromatic nitrogens is 2. The molecular formula is C52H57Cl4F5N6O9. The number of rotatable bonds is 13. The van der Waals surface area contributed by atoms with E-state index in [0.717, 1.165) is 68.2 Å². The van der Waals surface area contributed by atoms with Crippen molar-refractivity contribution >= 4 is 97.9 Å². The number of hydrogen-bond donors (Lipinski definition) is 6. The average molecular weight is 1150 g/mol. The maximum Gasteiger partial charge on any atom is 0.490 e. The fourth-order valence-electron chi connectivity index (χ4n) is 7.78. The molecule has 2 aromatic heterocycles. The van der Waals surface area contributed by atoms with Crippen molar-refractivity contribution in [1.29, 1.82) is 0 Å².